The highest BCUT2D eigenvalue weighted by atomic mass is 19.2. The summed E-state index contributed by atoms with van der Waals surface area (Å²) in [6.45, 7) is 7.25. The lowest BCUT2D eigenvalue weighted by Crippen LogP contribution is -2.23. The fourth-order valence-electron chi connectivity index (χ4n) is 2.21. The number of hydrogen-bond donors (Lipinski definition) is 1. The van der Waals surface area contributed by atoms with E-state index in [1.165, 1.54) is 6.07 Å². The molecule has 0 aliphatic heterocycles. The van der Waals surface area contributed by atoms with E-state index in [1.807, 2.05) is 0 Å². The molecular weight excluding hydrogens is 244 g/mol. The number of benzene rings is 1. The number of halogens is 2. The normalized spacial score (nSPS) is 12.9. The minimum absolute atomic E-state index is 0.0885. The molecule has 0 saturated heterocycles. The van der Waals surface area contributed by atoms with Crippen LogP contribution in [0.25, 0.3) is 0 Å². The summed E-state index contributed by atoms with van der Waals surface area (Å²) in [6, 6.07) is 4.34. The fourth-order valence-corrected chi connectivity index (χ4v) is 2.21. The minimum Gasteiger partial charge on any atom is -0.310 e. The first-order chi connectivity index (χ1) is 9.06. The smallest absolute Gasteiger partial charge is 0.163 e. The van der Waals surface area contributed by atoms with Gasteiger partial charge >= 0.3 is 0 Å². The Morgan fingerprint density at radius 2 is 1.89 bits per heavy atom. The Morgan fingerprint density at radius 1 is 1.16 bits per heavy atom. The third-order valence-electron chi connectivity index (χ3n) is 3.27. The summed E-state index contributed by atoms with van der Waals surface area (Å²) < 4.78 is 27.2. The van der Waals surface area contributed by atoms with E-state index in [9.17, 15) is 8.78 Å². The molecule has 0 radical (unpaired) electrons. The van der Waals surface area contributed by atoms with Crippen LogP contribution in [0.3, 0.4) is 0 Å². The highest BCUT2D eigenvalue weighted by molar-refractivity contribution is 5.22. The highest BCUT2D eigenvalue weighted by Crippen LogP contribution is 2.24. The van der Waals surface area contributed by atoms with E-state index in [0.29, 0.717) is 11.5 Å². The van der Waals surface area contributed by atoms with Gasteiger partial charge in [-0.05, 0) is 31.4 Å². The maximum Gasteiger partial charge on any atom is 0.163 e. The summed E-state index contributed by atoms with van der Waals surface area (Å²) in [5, 5.41) is 3.32. The molecule has 0 bridgehead atoms. The second-order valence-corrected chi connectivity index (χ2v) is 5.47. The summed E-state index contributed by atoms with van der Waals surface area (Å²) in [4.78, 5) is 0. The first kappa shape index (κ1) is 16.1. The minimum atomic E-state index is -0.760. The van der Waals surface area contributed by atoms with Crippen molar-refractivity contribution in [2.45, 2.75) is 52.5 Å². The van der Waals surface area contributed by atoms with Crippen LogP contribution in [0.2, 0.25) is 0 Å². The fraction of sp³-hybridized carbons (Fsp3) is 0.625. The Kier molecular flexibility index (Phi) is 7.00. The van der Waals surface area contributed by atoms with Crippen molar-refractivity contribution >= 4 is 0 Å². The van der Waals surface area contributed by atoms with Crippen LogP contribution in [0, 0.1) is 17.6 Å². The van der Waals surface area contributed by atoms with Gasteiger partial charge in [0.15, 0.2) is 11.6 Å². The second-order valence-electron chi connectivity index (χ2n) is 5.47. The van der Waals surface area contributed by atoms with E-state index >= 15 is 0 Å². The van der Waals surface area contributed by atoms with E-state index in [1.54, 1.807) is 12.1 Å². The zero-order valence-electron chi connectivity index (χ0n) is 12.2. The molecule has 1 atom stereocenters. The van der Waals surface area contributed by atoms with Crippen LogP contribution in [-0.4, -0.2) is 6.54 Å². The lowest BCUT2D eigenvalue weighted by atomic mass is 9.97. The maximum atomic E-state index is 13.8. The molecule has 0 spiro atoms. The average molecular weight is 269 g/mol. The van der Waals surface area contributed by atoms with Gasteiger partial charge in [0.2, 0.25) is 0 Å². The summed E-state index contributed by atoms with van der Waals surface area (Å²) in [6.07, 6.45) is 3.96. The van der Waals surface area contributed by atoms with E-state index in [4.69, 9.17) is 0 Å². The number of nitrogens with one attached hydrogen (secondary N) is 1. The summed E-state index contributed by atoms with van der Waals surface area (Å²) in [5.41, 5.74) is 0.456. The molecule has 1 aromatic rings. The number of rotatable bonds is 8. The summed E-state index contributed by atoms with van der Waals surface area (Å²) in [5.74, 6) is -0.825. The van der Waals surface area contributed by atoms with Gasteiger partial charge in [0.25, 0.3) is 0 Å². The van der Waals surface area contributed by atoms with Gasteiger partial charge in [-0.2, -0.15) is 0 Å². The zero-order valence-corrected chi connectivity index (χ0v) is 12.2. The van der Waals surface area contributed by atoms with Crippen molar-refractivity contribution in [2.75, 3.05) is 6.54 Å². The van der Waals surface area contributed by atoms with E-state index in [-0.39, 0.29) is 6.04 Å². The monoisotopic (exact) mass is 269 g/mol. The third kappa shape index (κ3) is 5.27. The van der Waals surface area contributed by atoms with E-state index in [0.717, 1.165) is 32.2 Å². The maximum absolute atomic E-state index is 13.8. The van der Waals surface area contributed by atoms with Crippen LogP contribution in [0.4, 0.5) is 8.78 Å². The Hall–Kier alpha value is -0.960. The van der Waals surface area contributed by atoms with Gasteiger partial charge in [-0.1, -0.05) is 45.7 Å². The molecule has 0 heterocycles. The predicted octanol–water partition coefficient (Wildman–Crippen LogP) is 4.83. The molecule has 0 aromatic heterocycles. The predicted molar refractivity (Wildman–Crippen MR) is 76.1 cm³/mol. The lowest BCUT2D eigenvalue weighted by Gasteiger charge is -2.20. The van der Waals surface area contributed by atoms with Crippen LogP contribution in [0.1, 0.15) is 58.1 Å². The number of hydrogen-bond acceptors (Lipinski definition) is 1. The quantitative estimate of drug-likeness (QED) is 0.712. The van der Waals surface area contributed by atoms with Crippen LogP contribution < -0.4 is 5.32 Å². The van der Waals surface area contributed by atoms with E-state index in [2.05, 4.69) is 26.1 Å². The molecule has 1 unspecified atom stereocenters. The third-order valence-corrected chi connectivity index (χ3v) is 3.27. The van der Waals surface area contributed by atoms with Crippen LogP contribution in [-0.2, 0) is 0 Å². The Balaban J connectivity index is 2.74. The van der Waals surface area contributed by atoms with Gasteiger partial charge in [-0.3, -0.25) is 0 Å². The zero-order chi connectivity index (χ0) is 14.3. The second kappa shape index (κ2) is 8.26. The lowest BCUT2D eigenvalue weighted by molar-refractivity contribution is 0.421. The molecule has 19 heavy (non-hydrogen) atoms. The largest absolute Gasteiger partial charge is 0.310 e. The van der Waals surface area contributed by atoms with Crippen molar-refractivity contribution in [3.05, 3.63) is 35.4 Å². The molecule has 1 rings (SSSR count). The Labute approximate surface area is 115 Å². The van der Waals surface area contributed by atoms with Crippen LogP contribution >= 0.6 is 0 Å². The molecule has 0 saturated carbocycles. The van der Waals surface area contributed by atoms with Crippen molar-refractivity contribution in [2.24, 2.45) is 5.92 Å². The molecule has 1 nitrogen and oxygen atoms in total. The summed E-state index contributed by atoms with van der Waals surface area (Å²) in [7, 11) is 0. The van der Waals surface area contributed by atoms with Crippen molar-refractivity contribution in [1.29, 1.82) is 0 Å². The van der Waals surface area contributed by atoms with Gasteiger partial charge in [0.1, 0.15) is 0 Å². The topological polar surface area (TPSA) is 12.0 Å². The van der Waals surface area contributed by atoms with Crippen LogP contribution in [0.15, 0.2) is 18.2 Å². The molecule has 3 heteroatoms. The van der Waals surface area contributed by atoms with Crippen molar-refractivity contribution in [1.82, 2.24) is 5.32 Å². The molecular formula is C16H25F2N. The van der Waals surface area contributed by atoms with Crippen molar-refractivity contribution < 1.29 is 8.78 Å². The molecule has 0 fully saturated rings. The average Bonchev–Trinajstić information content (AvgIpc) is 2.37. The van der Waals surface area contributed by atoms with Crippen molar-refractivity contribution in [3.63, 3.8) is 0 Å². The van der Waals surface area contributed by atoms with E-state index < -0.39 is 11.6 Å². The first-order valence-electron chi connectivity index (χ1n) is 7.23. The van der Waals surface area contributed by atoms with Gasteiger partial charge in [-0.15, -0.1) is 0 Å². The highest BCUT2D eigenvalue weighted by Gasteiger charge is 2.17. The summed E-state index contributed by atoms with van der Waals surface area (Å²) >= 11 is 0. The van der Waals surface area contributed by atoms with Gasteiger partial charge in [0, 0.05) is 11.6 Å². The molecule has 1 N–H and O–H groups in total. The first-order valence-corrected chi connectivity index (χ1v) is 7.23. The Morgan fingerprint density at radius 3 is 2.53 bits per heavy atom. The van der Waals surface area contributed by atoms with Gasteiger partial charge in [-0.25, -0.2) is 8.78 Å². The van der Waals surface area contributed by atoms with Gasteiger partial charge < -0.3 is 5.32 Å². The molecule has 0 aliphatic rings. The van der Waals surface area contributed by atoms with Gasteiger partial charge in [0.05, 0.1) is 0 Å². The SMILES string of the molecule is CCCNC(CCCC(C)C)c1cccc(F)c1F. The molecule has 1 aromatic carbocycles. The molecule has 0 aliphatic carbocycles. The molecule has 108 valence electrons. The molecule has 0 amide bonds. The van der Waals surface area contributed by atoms with Crippen LogP contribution in [0.5, 0.6) is 0 Å². The standard InChI is InChI=1S/C16H25F2N/c1-4-11-19-15(10-5-7-12(2)3)13-8-6-9-14(17)16(13)18/h6,8-9,12,15,19H,4-5,7,10-11H2,1-3H3. The Bertz CT molecular complexity index is 377. The van der Waals surface area contributed by atoms with Crippen molar-refractivity contribution in [3.8, 4) is 0 Å².